The van der Waals surface area contributed by atoms with Crippen molar-refractivity contribution < 1.29 is 20.4 Å². The number of phenolic OH excluding ortho intramolecular Hbond substituents is 3. The van der Waals surface area contributed by atoms with Gasteiger partial charge in [-0.2, -0.15) is 0 Å². The van der Waals surface area contributed by atoms with Crippen molar-refractivity contribution in [2.24, 2.45) is 5.73 Å². The molecule has 0 bridgehead atoms. The molecule has 11 heteroatoms. The fourth-order valence-corrected chi connectivity index (χ4v) is 7.89. The Balaban J connectivity index is 1.26. The topological polar surface area (TPSA) is 170 Å². The standard InChI is InChI=1S/C46H67N7O4/c1-2-48-38(23-35-10-16-44(55)17-11-35)28-49-39(24-36-12-18-45(56)19-13-36)29-50-41(26-34-7-4-3-5-8-34)32-53-22-6-9-43(53)31-52-40(30-51-42(27-47)33-54)25-37-14-20-46(57)21-15-37/h3-5,7-8,10-21,38-43,48-52,54-57H,2,6,9,22-33,47H2,1H3/t38-,39-,40-,41-,42+,43-/m0/s1. The van der Waals surface area contributed by atoms with E-state index in [2.05, 4.69) is 68.7 Å². The molecule has 1 saturated heterocycles. The highest BCUT2D eigenvalue weighted by molar-refractivity contribution is 5.28. The highest BCUT2D eigenvalue weighted by Gasteiger charge is 2.28. The smallest absolute Gasteiger partial charge is 0.115 e. The second-order valence-corrected chi connectivity index (χ2v) is 15.7. The number of aromatic hydroxyl groups is 3. The van der Waals surface area contributed by atoms with Gasteiger partial charge < -0.3 is 52.7 Å². The van der Waals surface area contributed by atoms with Crippen LogP contribution in [0.4, 0.5) is 0 Å². The highest BCUT2D eigenvalue weighted by atomic mass is 16.3. The first-order valence-electron chi connectivity index (χ1n) is 20.9. The zero-order valence-corrected chi connectivity index (χ0v) is 33.7. The lowest BCUT2D eigenvalue weighted by molar-refractivity contribution is 0.209. The number of benzene rings is 4. The lowest BCUT2D eigenvalue weighted by Gasteiger charge is -2.32. The molecule has 0 amide bonds. The molecule has 1 fully saturated rings. The van der Waals surface area contributed by atoms with Crippen LogP contribution in [0.2, 0.25) is 0 Å². The van der Waals surface area contributed by atoms with Crippen molar-refractivity contribution in [1.82, 2.24) is 31.5 Å². The van der Waals surface area contributed by atoms with Crippen LogP contribution < -0.4 is 32.3 Å². The number of nitrogens with one attached hydrogen (secondary N) is 5. The van der Waals surface area contributed by atoms with Gasteiger partial charge in [0.2, 0.25) is 0 Å². The van der Waals surface area contributed by atoms with E-state index in [0.717, 1.165) is 83.4 Å². The van der Waals surface area contributed by atoms with Crippen LogP contribution in [0.15, 0.2) is 103 Å². The molecule has 4 aromatic carbocycles. The summed E-state index contributed by atoms with van der Waals surface area (Å²) in [6.45, 7) is 8.43. The molecule has 1 aliphatic rings. The van der Waals surface area contributed by atoms with Crippen LogP contribution >= 0.6 is 0 Å². The molecule has 11 nitrogen and oxygen atoms in total. The summed E-state index contributed by atoms with van der Waals surface area (Å²) in [4.78, 5) is 2.65. The van der Waals surface area contributed by atoms with E-state index in [-0.39, 0.29) is 54.1 Å². The van der Waals surface area contributed by atoms with Crippen molar-refractivity contribution in [2.45, 2.75) is 81.7 Å². The van der Waals surface area contributed by atoms with E-state index in [9.17, 15) is 20.4 Å². The van der Waals surface area contributed by atoms with Crippen LogP contribution in [0.25, 0.3) is 0 Å². The van der Waals surface area contributed by atoms with E-state index in [0.29, 0.717) is 19.1 Å². The van der Waals surface area contributed by atoms with Gasteiger partial charge in [0.15, 0.2) is 0 Å². The van der Waals surface area contributed by atoms with Crippen LogP contribution in [0.3, 0.4) is 0 Å². The maximum Gasteiger partial charge on any atom is 0.115 e. The fourth-order valence-electron chi connectivity index (χ4n) is 7.89. The van der Waals surface area contributed by atoms with Crippen LogP contribution in [0, 0.1) is 0 Å². The predicted octanol–water partition coefficient (Wildman–Crippen LogP) is 3.30. The second kappa shape index (κ2) is 24.0. The predicted molar refractivity (Wildman–Crippen MR) is 231 cm³/mol. The Morgan fingerprint density at radius 3 is 1.51 bits per heavy atom. The fraction of sp³-hybridized carbons (Fsp3) is 0.478. The molecule has 0 aromatic heterocycles. The number of nitrogens with two attached hydrogens (primary N) is 1. The number of aliphatic hydroxyl groups excluding tert-OH is 1. The quantitative estimate of drug-likeness (QED) is 0.0454. The number of likely N-dealkylation sites (tertiary alicyclic amines) is 1. The summed E-state index contributed by atoms with van der Waals surface area (Å²) in [5, 5.41) is 58.3. The molecule has 0 radical (unpaired) electrons. The normalized spacial score (nSPS) is 17.3. The third kappa shape index (κ3) is 15.7. The monoisotopic (exact) mass is 782 g/mol. The molecule has 0 spiro atoms. The minimum absolute atomic E-state index is 0.00400. The van der Waals surface area contributed by atoms with E-state index in [1.165, 1.54) is 16.7 Å². The van der Waals surface area contributed by atoms with E-state index in [1.54, 1.807) is 36.4 Å². The Morgan fingerprint density at radius 2 is 1.02 bits per heavy atom. The lowest BCUT2D eigenvalue weighted by Crippen LogP contribution is -2.53. The maximum absolute atomic E-state index is 9.98. The molecule has 310 valence electrons. The zero-order valence-electron chi connectivity index (χ0n) is 33.7. The Hall–Kier alpha value is -4.04. The Bertz CT molecular complexity index is 1660. The molecule has 0 saturated carbocycles. The lowest BCUT2D eigenvalue weighted by atomic mass is 10.0. The SMILES string of the molecule is CCN[C@H](CN[C@H](CN[C@@H](Cc1ccccc1)CN1CCC[C@H]1CN[C@H](CN[C@H](CN)CO)Cc1ccc(O)cc1)Cc1ccc(O)cc1)Cc1ccc(O)cc1. The molecule has 0 unspecified atom stereocenters. The van der Waals surface area contributed by atoms with Gasteiger partial charge in [0.1, 0.15) is 17.2 Å². The van der Waals surface area contributed by atoms with Gasteiger partial charge in [-0.15, -0.1) is 0 Å². The van der Waals surface area contributed by atoms with Crippen molar-refractivity contribution in [2.75, 3.05) is 59.0 Å². The summed E-state index contributed by atoms with van der Waals surface area (Å²) in [5.74, 6) is 0.810. The first-order chi connectivity index (χ1) is 27.8. The number of phenols is 3. The van der Waals surface area contributed by atoms with Crippen molar-refractivity contribution in [3.05, 3.63) is 125 Å². The minimum atomic E-state index is -0.151. The number of nitrogens with zero attached hydrogens (tertiary/aromatic N) is 1. The van der Waals surface area contributed by atoms with Crippen LogP contribution in [0.1, 0.15) is 42.0 Å². The molecular weight excluding hydrogens is 715 g/mol. The Kier molecular flexibility index (Phi) is 18.6. The van der Waals surface area contributed by atoms with Gasteiger partial charge >= 0.3 is 0 Å². The number of hydrogen-bond donors (Lipinski definition) is 10. The van der Waals surface area contributed by atoms with Gasteiger partial charge in [0.25, 0.3) is 0 Å². The van der Waals surface area contributed by atoms with Gasteiger partial charge in [0.05, 0.1) is 6.61 Å². The summed E-state index contributed by atoms with van der Waals surface area (Å²) in [7, 11) is 0. The number of aliphatic hydroxyl groups is 1. The first kappa shape index (κ1) is 44.1. The van der Waals surface area contributed by atoms with Crippen molar-refractivity contribution in [3.8, 4) is 17.2 Å². The van der Waals surface area contributed by atoms with E-state index >= 15 is 0 Å². The van der Waals surface area contributed by atoms with Crippen molar-refractivity contribution in [3.63, 3.8) is 0 Å². The molecule has 1 heterocycles. The van der Waals surface area contributed by atoms with Gasteiger partial charge in [-0.05, 0) is 110 Å². The molecular formula is C46H67N7O4. The first-order valence-corrected chi connectivity index (χ1v) is 20.9. The molecule has 5 rings (SSSR count). The van der Waals surface area contributed by atoms with E-state index < -0.39 is 0 Å². The third-order valence-corrected chi connectivity index (χ3v) is 11.1. The summed E-state index contributed by atoms with van der Waals surface area (Å²) in [6.07, 6.45) is 5.66. The van der Waals surface area contributed by atoms with E-state index in [4.69, 9.17) is 5.73 Å². The van der Waals surface area contributed by atoms with Crippen molar-refractivity contribution in [1.29, 1.82) is 0 Å². The molecule has 4 aromatic rings. The second-order valence-electron chi connectivity index (χ2n) is 15.7. The number of hydrogen-bond acceptors (Lipinski definition) is 11. The van der Waals surface area contributed by atoms with Gasteiger partial charge in [-0.1, -0.05) is 73.7 Å². The summed E-state index contributed by atoms with van der Waals surface area (Å²) >= 11 is 0. The number of rotatable bonds is 26. The van der Waals surface area contributed by atoms with Crippen LogP contribution in [0.5, 0.6) is 17.2 Å². The average molecular weight is 782 g/mol. The average Bonchev–Trinajstić information content (AvgIpc) is 3.67. The summed E-state index contributed by atoms with van der Waals surface area (Å²) in [6, 6.07) is 34.2. The van der Waals surface area contributed by atoms with Crippen LogP contribution in [-0.2, 0) is 25.7 Å². The summed E-state index contributed by atoms with van der Waals surface area (Å²) in [5.41, 5.74) is 10.7. The molecule has 11 N–H and O–H groups in total. The zero-order chi connectivity index (χ0) is 40.2. The Labute approximate surface area is 340 Å². The minimum Gasteiger partial charge on any atom is -0.508 e. The molecule has 1 aliphatic heterocycles. The Morgan fingerprint density at radius 1 is 0.579 bits per heavy atom. The molecule has 0 aliphatic carbocycles. The van der Waals surface area contributed by atoms with Gasteiger partial charge in [-0.3, -0.25) is 4.90 Å². The highest BCUT2D eigenvalue weighted by Crippen LogP contribution is 2.20. The molecule has 57 heavy (non-hydrogen) atoms. The van der Waals surface area contributed by atoms with Crippen LogP contribution in [-0.4, -0.2) is 121 Å². The largest absolute Gasteiger partial charge is 0.508 e. The summed E-state index contributed by atoms with van der Waals surface area (Å²) < 4.78 is 0. The third-order valence-electron chi connectivity index (χ3n) is 11.1. The van der Waals surface area contributed by atoms with Gasteiger partial charge in [0, 0.05) is 75.5 Å². The molecule has 6 atom stereocenters. The van der Waals surface area contributed by atoms with Crippen molar-refractivity contribution >= 4 is 0 Å². The maximum atomic E-state index is 9.98. The number of likely N-dealkylation sites (N-methyl/N-ethyl adjacent to an activating group) is 1. The van der Waals surface area contributed by atoms with Gasteiger partial charge in [-0.25, -0.2) is 0 Å². The van der Waals surface area contributed by atoms with E-state index in [1.807, 2.05) is 36.4 Å².